The molecule has 1 heterocycles. The largest absolute Gasteiger partial charge is 0.492 e. The third kappa shape index (κ3) is 4.44. The smallest absolute Gasteiger partial charge is 0.325 e. The molecule has 2 aromatic carbocycles. The Hall–Kier alpha value is -3.35. The number of aliphatic carboxylic acids is 1. The number of hydrogen-bond acceptors (Lipinski definition) is 4. The fraction of sp³-hybridized carbons (Fsp3) is 0.250. The first-order valence-electron chi connectivity index (χ1n) is 8.59. The van der Waals surface area contributed by atoms with Gasteiger partial charge in [-0.2, -0.15) is 0 Å². The summed E-state index contributed by atoms with van der Waals surface area (Å²) in [5, 5.41) is 14.0. The molecule has 1 aliphatic rings. The van der Waals surface area contributed by atoms with E-state index >= 15 is 0 Å². The van der Waals surface area contributed by atoms with E-state index in [0.29, 0.717) is 24.3 Å². The van der Waals surface area contributed by atoms with Gasteiger partial charge in [0.15, 0.2) is 0 Å². The summed E-state index contributed by atoms with van der Waals surface area (Å²) in [4.78, 5) is 35.3. The number of hydrogen-bond donors (Lipinski definition) is 3. The van der Waals surface area contributed by atoms with Crippen molar-refractivity contribution in [3.8, 4) is 5.75 Å². The molecule has 0 saturated heterocycles. The van der Waals surface area contributed by atoms with Gasteiger partial charge in [0.2, 0.25) is 5.91 Å². The lowest BCUT2D eigenvalue weighted by Gasteiger charge is -2.24. The Morgan fingerprint density at radius 3 is 2.52 bits per heavy atom. The molecular formula is C20H20N2O5. The first kappa shape index (κ1) is 18.4. The Bertz CT molecular complexity index is 863. The van der Waals surface area contributed by atoms with Crippen LogP contribution in [0.25, 0.3) is 0 Å². The highest BCUT2D eigenvalue weighted by Gasteiger charge is 2.25. The zero-order valence-electron chi connectivity index (χ0n) is 14.8. The van der Waals surface area contributed by atoms with Gasteiger partial charge in [-0.15, -0.1) is 0 Å². The van der Waals surface area contributed by atoms with Gasteiger partial charge in [-0.25, -0.2) is 0 Å². The zero-order valence-corrected chi connectivity index (χ0v) is 14.8. The summed E-state index contributed by atoms with van der Waals surface area (Å²) in [6.45, 7) is 1.70. The summed E-state index contributed by atoms with van der Waals surface area (Å²) in [6.07, 6.45) is 0.607. The first-order valence-corrected chi connectivity index (χ1v) is 8.59. The molecule has 0 radical (unpaired) electrons. The molecule has 2 amide bonds. The highest BCUT2D eigenvalue weighted by atomic mass is 16.5. The molecule has 3 N–H and O–H groups in total. The summed E-state index contributed by atoms with van der Waals surface area (Å²) in [6, 6.07) is 12.9. The maximum Gasteiger partial charge on any atom is 0.325 e. The van der Waals surface area contributed by atoms with Crippen molar-refractivity contribution in [2.75, 3.05) is 11.9 Å². The predicted molar refractivity (Wildman–Crippen MR) is 98.8 cm³/mol. The normalized spacial score (nSPS) is 16.4. The minimum atomic E-state index is -1.11. The molecular weight excluding hydrogens is 348 g/mol. The molecule has 2 unspecified atom stereocenters. The number of amides is 2. The summed E-state index contributed by atoms with van der Waals surface area (Å²) in [7, 11) is 0. The number of rotatable bonds is 5. The number of fused-ring (bicyclic) bond motifs is 1. The Labute approximate surface area is 156 Å². The number of carbonyl (C=O) groups is 3. The van der Waals surface area contributed by atoms with E-state index in [2.05, 4.69) is 10.6 Å². The summed E-state index contributed by atoms with van der Waals surface area (Å²) >= 11 is 0. The lowest BCUT2D eigenvalue weighted by Crippen LogP contribution is -2.38. The van der Waals surface area contributed by atoms with Crippen LogP contribution in [0.3, 0.4) is 0 Å². The fourth-order valence-corrected chi connectivity index (χ4v) is 2.79. The molecule has 0 spiro atoms. The van der Waals surface area contributed by atoms with E-state index in [0.717, 1.165) is 11.3 Å². The van der Waals surface area contributed by atoms with E-state index in [9.17, 15) is 14.4 Å². The molecule has 0 fully saturated rings. The third-order valence-electron chi connectivity index (χ3n) is 4.38. The van der Waals surface area contributed by atoms with Crippen LogP contribution in [0.15, 0.2) is 48.5 Å². The van der Waals surface area contributed by atoms with Gasteiger partial charge in [0.05, 0.1) is 5.92 Å². The lowest BCUT2D eigenvalue weighted by atomic mass is 9.96. The van der Waals surface area contributed by atoms with E-state index in [1.807, 2.05) is 24.3 Å². The van der Waals surface area contributed by atoms with Crippen LogP contribution in [-0.4, -0.2) is 35.5 Å². The predicted octanol–water partition coefficient (Wildman–Crippen LogP) is 2.08. The maximum atomic E-state index is 12.5. The summed E-state index contributed by atoms with van der Waals surface area (Å²) in [5.74, 6) is -1.23. The number of anilines is 1. The van der Waals surface area contributed by atoms with Crippen LogP contribution >= 0.6 is 0 Å². The average molecular weight is 368 g/mol. The monoisotopic (exact) mass is 368 g/mol. The third-order valence-corrected chi connectivity index (χ3v) is 4.38. The van der Waals surface area contributed by atoms with Gasteiger partial charge in [-0.3, -0.25) is 14.4 Å². The van der Waals surface area contributed by atoms with E-state index in [4.69, 9.17) is 9.84 Å². The van der Waals surface area contributed by atoms with Gasteiger partial charge in [-0.1, -0.05) is 18.2 Å². The molecule has 2 aromatic rings. The van der Waals surface area contributed by atoms with Crippen molar-refractivity contribution in [1.82, 2.24) is 5.32 Å². The number of benzene rings is 2. The highest BCUT2D eigenvalue weighted by Crippen LogP contribution is 2.27. The molecule has 1 aliphatic heterocycles. The molecule has 2 atom stereocenters. The SMILES string of the molecule is CC(NC(=O)c1ccc(NC(=O)C2COc3ccccc3C2)cc1)C(=O)O. The summed E-state index contributed by atoms with van der Waals surface area (Å²) in [5.41, 5.74) is 1.88. The average Bonchev–Trinajstić information content (AvgIpc) is 2.68. The molecule has 7 nitrogen and oxygen atoms in total. The molecule has 140 valence electrons. The quantitative estimate of drug-likeness (QED) is 0.749. The van der Waals surface area contributed by atoms with Gasteiger partial charge >= 0.3 is 5.97 Å². The molecule has 7 heteroatoms. The Balaban J connectivity index is 1.59. The van der Waals surface area contributed by atoms with E-state index < -0.39 is 17.9 Å². The van der Waals surface area contributed by atoms with Gasteiger partial charge in [0.1, 0.15) is 18.4 Å². The minimum absolute atomic E-state index is 0.152. The Kier molecular flexibility index (Phi) is 5.40. The lowest BCUT2D eigenvalue weighted by molar-refractivity contribution is -0.138. The second kappa shape index (κ2) is 7.90. The zero-order chi connectivity index (χ0) is 19.4. The van der Waals surface area contributed by atoms with Gasteiger partial charge in [0.25, 0.3) is 5.91 Å². The minimum Gasteiger partial charge on any atom is -0.492 e. The van der Waals surface area contributed by atoms with Gasteiger partial charge < -0.3 is 20.5 Å². The van der Waals surface area contributed by atoms with Crippen LogP contribution in [0.4, 0.5) is 5.69 Å². The molecule has 0 bridgehead atoms. The first-order chi connectivity index (χ1) is 12.9. The number of ether oxygens (including phenoxy) is 1. The molecule has 3 rings (SSSR count). The van der Waals surface area contributed by atoms with Gasteiger partial charge in [0, 0.05) is 11.3 Å². The van der Waals surface area contributed by atoms with Crippen molar-refractivity contribution in [2.24, 2.45) is 5.92 Å². The van der Waals surface area contributed by atoms with Crippen molar-refractivity contribution in [3.05, 3.63) is 59.7 Å². The van der Waals surface area contributed by atoms with Crippen LogP contribution in [0, 0.1) is 5.92 Å². The van der Waals surface area contributed by atoms with Gasteiger partial charge in [-0.05, 0) is 49.2 Å². The second-order valence-corrected chi connectivity index (χ2v) is 6.42. The Morgan fingerprint density at radius 1 is 1.11 bits per heavy atom. The fourth-order valence-electron chi connectivity index (χ4n) is 2.79. The number of carbonyl (C=O) groups excluding carboxylic acids is 2. The second-order valence-electron chi connectivity index (χ2n) is 6.42. The number of para-hydroxylation sites is 1. The summed E-state index contributed by atoms with van der Waals surface area (Å²) < 4.78 is 5.64. The van der Waals surface area contributed by atoms with Crippen molar-refractivity contribution in [1.29, 1.82) is 0 Å². The van der Waals surface area contributed by atoms with E-state index in [-0.39, 0.29) is 11.8 Å². The van der Waals surface area contributed by atoms with Crippen molar-refractivity contribution in [3.63, 3.8) is 0 Å². The van der Waals surface area contributed by atoms with Crippen LogP contribution in [0.2, 0.25) is 0 Å². The van der Waals surface area contributed by atoms with E-state index in [1.165, 1.54) is 19.1 Å². The molecule has 0 aromatic heterocycles. The highest BCUT2D eigenvalue weighted by molar-refractivity contribution is 5.98. The molecule has 0 saturated carbocycles. The standard InChI is InChI=1S/C20H20N2O5/c1-12(20(25)26)21-18(23)13-6-8-16(9-7-13)22-19(24)15-10-14-4-2-3-5-17(14)27-11-15/h2-9,12,15H,10-11H2,1H3,(H,21,23)(H,22,24)(H,25,26). The van der Waals surface area contributed by atoms with Crippen molar-refractivity contribution < 1.29 is 24.2 Å². The molecule has 0 aliphatic carbocycles. The van der Waals surface area contributed by atoms with Crippen LogP contribution in [0.1, 0.15) is 22.8 Å². The van der Waals surface area contributed by atoms with E-state index in [1.54, 1.807) is 12.1 Å². The van der Waals surface area contributed by atoms with Crippen LogP contribution < -0.4 is 15.4 Å². The number of nitrogens with one attached hydrogen (secondary N) is 2. The number of carboxylic acids is 1. The topological polar surface area (TPSA) is 105 Å². The Morgan fingerprint density at radius 2 is 1.81 bits per heavy atom. The van der Waals surface area contributed by atoms with Crippen LogP contribution in [0.5, 0.6) is 5.75 Å². The number of carboxylic acid groups (broad SMARTS) is 1. The van der Waals surface area contributed by atoms with Crippen LogP contribution in [-0.2, 0) is 16.0 Å². The maximum absolute atomic E-state index is 12.5. The van der Waals surface area contributed by atoms with Crippen molar-refractivity contribution >= 4 is 23.5 Å². The van der Waals surface area contributed by atoms with Crippen molar-refractivity contribution in [2.45, 2.75) is 19.4 Å². The molecule has 27 heavy (non-hydrogen) atoms.